The molecule has 5 rings (SSSR count). The van der Waals surface area contributed by atoms with Crippen molar-refractivity contribution in [2.24, 2.45) is 0 Å². The number of morpholine rings is 1. The van der Waals surface area contributed by atoms with Gasteiger partial charge in [0, 0.05) is 48.3 Å². The Kier molecular flexibility index (Phi) is 9.83. The quantitative estimate of drug-likeness (QED) is 0.217. The van der Waals surface area contributed by atoms with Gasteiger partial charge < -0.3 is 35.1 Å². The van der Waals surface area contributed by atoms with Crippen LogP contribution in [-0.4, -0.2) is 91.0 Å². The molecule has 45 heavy (non-hydrogen) atoms. The molecular weight excluding hydrogens is 589 g/mol. The van der Waals surface area contributed by atoms with E-state index in [9.17, 15) is 22.8 Å². The predicted octanol–water partition coefficient (Wildman–Crippen LogP) is 4.82. The third-order valence-corrected chi connectivity index (χ3v) is 7.13. The molecule has 2 aromatic heterocycles. The number of hydrogen-bond acceptors (Lipinski definition) is 7. The van der Waals surface area contributed by atoms with E-state index in [4.69, 9.17) is 9.72 Å². The number of hydrogen-bond donors (Lipinski definition) is 3. The summed E-state index contributed by atoms with van der Waals surface area (Å²) in [6, 6.07) is 14.4. The zero-order valence-electron chi connectivity index (χ0n) is 25.0. The van der Waals surface area contributed by atoms with Gasteiger partial charge in [-0.3, -0.25) is 4.79 Å². The van der Waals surface area contributed by atoms with Crippen LogP contribution in [0.5, 0.6) is 0 Å². The number of aromatic nitrogens is 3. The lowest BCUT2D eigenvalue weighted by molar-refractivity contribution is -0.139. The second kappa shape index (κ2) is 13.9. The predicted molar refractivity (Wildman–Crippen MR) is 167 cm³/mol. The molecular formula is C31H35F3N8O3. The largest absolute Gasteiger partial charge is 0.406 e. The van der Waals surface area contributed by atoms with Crippen LogP contribution in [0.15, 0.2) is 60.8 Å². The lowest BCUT2D eigenvalue weighted by Crippen LogP contribution is -2.37. The van der Waals surface area contributed by atoms with E-state index >= 15 is 0 Å². The van der Waals surface area contributed by atoms with E-state index in [1.807, 2.05) is 23.9 Å². The number of rotatable bonds is 10. The average molecular weight is 625 g/mol. The van der Waals surface area contributed by atoms with E-state index in [2.05, 4.69) is 20.9 Å². The Labute approximate surface area is 258 Å². The third-order valence-electron chi connectivity index (χ3n) is 7.13. The Bertz CT molecular complexity index is 1620. The maximum Gasteiger partial charge on any atom is 0.406 e. The number of carbonyl (C=O) groups is 2. The van der Waals surface area contributed by atoms with Crippen LogP contribution in [0.1, 0.15) is 16.8 Å². The molecule has 4 aromatic rings. The van der Waals surface area contributed by atoms with Gasteiger partial charge in [0.15, 0.2) is 5.82 Å². The highest BCUT2D eigenvalue weighted by atomic mass is 19.4. The minimum atomic E-state index is -4.41. The van der Waals surface area contributed by atoms with E-state index in [0.29, 0.717) is 66.6 Å². The average Bonchev–Trinajstić information content (AvgIpc) is 3.40. The molecule has 238 valence electrons. The van der Waals surface area contributed by atoms with Gasteiger partial charge in [-0.25, -0.2) is 14.8 Å². The number of ether oxygens (including phenoxy) is 1. The highest BCUT2D eigenvalue weighted by Gasteiger charge is 2.30. The standard InChI is InChI=1S/C31H35F3N8O3/c1-40(2)14-3-13-35-29(43)22-6-10-24(11-7-22)37-30(44)36-23-8-4-21(5-9-23)26-38-27(41-16-18-45-19-17-41)25-12-15-42(28(25)39-26)20-31(32,33)34/h4-12,15H,3,13-14,16-20H2,1-2H3,(H,35,43)(H2,36,37,44). The number of alkyl halides is 3. The van der Waals surface area contributed by atoms with Crippen LogP contribution < -0.4 is 20.9 Å². The molecule has 3 N–H and O–H groups in total. The van der Waals surface area contributed by atoms with E-state index < -0.39 is 18.8 Å². The van der Waals surface area contributed by atoms with Crippen molar-refractivity contribution in [3.05, 3.63) is 66.4 Å². The number of halogens is 3. The molecule has 0 unspecified atom stereocenters. The third kappa shape index (κ3) is 8.48. The highest BCUT2D eigenvalue weighted by molar-refractivity contribution is 6.00. The molecule has 3 heterocycles. The molecule has 2 aromatic carbocycles. The molecule has 14 heteroatoms. The summed E-state index contributed by atoms with van der Waals surface area (Å²) >= 11 is 0. The monoisotopic (exact) mass is 624 g/mol. The molecule has 11 nitrogen and oxygen atoms in total. The molecule has 3 amide bonds. The number of amides is 3. The Balaban J connectivity index is 1.25. The molecule has 1 saturated heterocycles. The second-order valence-corrected chi connectivity index (χ2v) is 10.9. The smallest absolute Gasteiger partial charge is 0.378 e. The molecule has 0 bridgehead atoms. The summed E-state index contributed by atoms with van der Waals surface area (Å²) in [5.41, 5.74) is 2.25. The highest BCUT2D eigenvalue weighted by Crippen LogP contribution is 2.31. The molecule has 0 radical (unpaired) electrons. The maximum absolute atomic E-state index is 13.3. The van der Waals surface area contributed by atoms with Gasteiger partial charge in [-0.15, -0.1) is 0 Å². The summed E-state index contributed by atoms with van der Waals surface area (Å²) in [6.07, 6.45) is -2.19. The van der Waals surface area contributed by atoms with Gasteiger partial charge in [-0.1, -0.05) is 0 Å². The molecule has 0 atom stereocenters. The van der Waals surface area contributed by atoms with Crippen LogP contribution in [0.4, 0.5) is 35.2 Å². The topological polar surface area (TPSA) is 117 Å². The van der Waals surface area contributed by atoms with Gasteiger partial charge in [0.1, 0.15) is 18.0 Å². The van der Waals surface area contributed by atoms with E-state index in [1.165, 1.54) is 6.20 Å². The van der Waals surface area contributed by atoms with Crippen molar-refractivity contribution >= 4 is 40.2 Å². The van der Waals surface area contributed by atoms with Gasteiger partial charge in [0.2, 0.25) is 0 Å². The first kappa shape index (κ1) is 31.7. The first-order valence-corrected chi connectivity index (χ1v) is 14.5. The number of nitrogens with zero attached hydrogens (tertiary/aromatic N) is 5. The van der Waals surface area contributed by atoms with Crippen molar-refractivity contribution < 1.29 is 27.5 Å². The first-order valence-electron chi connectivity index (χ1n) is 14.5. The summed E-state index contributed by atoms with van der Waals surface area (Å²) in [5, 5.41) is 8.89. The minimum absolute atomic E-state index is 0.182. The van der Waals surface area contributed by atoms with Gasteiger partial charge in [-0.05, 0) is 81.7 Å². The molecule has 1 fully saturated rings. The fourth-order valence-electron chi connectivity index (χ4n) is 4.92. The lowest BCUT2D eigenvalue weighted by Gasteiger charge is -2.28. The second-order valence-electron chi connectivity index (χ2n) is 10.9. The van der Waals surface area contributed by atoms with Crippen LogP contribution in [0.3, 0.4) is 0 Å². The minimum Gasteiger partial charge on any atom is -0.378 e. The zero-order chi connectivity index (χ0) is 32.0. The summed E-state index contributed by atoms with van der Waals surface area (Å²) in [5.74, 6) is 0.635. The van der Waals surface area contributed by atoms with Crippen LogP contribution in [0, 0.1) is 0 Å². The van der Waals surface area contributed by atoms with Crippen molar-refractivity contribution in [3.63, 3.8) is 0 Å². The number of nitrogens with one attached hydrogen (secondary N) is 3. The Morgan fingerprint density at radius 1 is 0.933 bits per heavy atom. The molecule has 1 aliphatic rings. The van der Waals surface area contributed by atoms with Crippen molar-refractivity contribution in [2.75, 3.05) is 69.0 Å². The summed E-state index contributed by atoms with van der Waals surface area (Å²) in [7, 11) is 3.95. The van der Waals surface area contributed by atoms with E-state index in [1.54, 1.807) is 54.6 Å². The van der Waals surface area contributed by atoms with Crippen molar-refractivity contribution in [1.29, 1.82) is 0 Å². The van der Waals surface area contributed by atoms with E-state index in [0.717, 1.165) is 17.5 Å². The Morgan fingerprint density at radius 2 is 1.58 bits per heavy atom. The summed E-state index contributed by atoms with van der Waals surface area (Å²) in [6.45, 7) is 2.37. The first-order chi connectivity index (χ1) is 21.6. The van der Waals surface area contributed by atoms with E-state index in [-0.39, 0.29) is 17.4 Å². The summed E-state index contributed by atoms with van der Waals surface area (Å²) < 4.78 is 46.4. The Hall–Kier alpha value is -4.69. The van der Waals surface area contributed by atoms with Gasteiger partial charge >= 0.3 is 12.2 Å². The number of carbonyl (C=O) groups excluding carboxylic acids is 2. The van der Waals surface area contributed by atoms with Crippen LogP contribution >= 0.6 is 0 Å². The molecule has 0 saturated carbocycles. The SMILES string of the molecule is CN(C)CCCNC(=O)c1ccc(NC(=O)Nc2ccc(-c3nc(N4CCOCC4)c4ccn(CC(F)(F)F)c4n3)cc2)cc1. The number of anilines is 3. The van der Waals surface area contributed by atoms with Crippen molar-refractivity contribution in [3.8, 4) is 11.4 Å². The van der Waals surface area contributed by atoms with Crippen LogP contribution in [0.25, 0.3) is 22.4 Å². The number of benzene rings is 2. The van der Waals surface area contributed by atoms with Gasteiger partial charge in [-0.2, -0.15) is 13.2 Å². The molecule has 0 aliphatic carbocycles. The maximum atomic E-state index is 13.3. The fraction of sp³-hybridized carbons (Fsp3) is 0.355. The molecule has 0 spiro atoms. The zero-order valence-corrected chi connectivity index (χ0v) is 25.0. The molecule has 1 aliphatic heterocycles. The normalized spacial score (nSPS) is 13.7. The summed E-state index contributed by atoms with van der Waals surface area (Å²) in [4.78, 5) is 38.2. The Morgan fingerprint density at radius 3 is 2.20 bits per heavy atom. The lowest BCUT2D eigenvalue weighted by atomic mass is 10.2. The number of fused-ring (bicyclic) bond motifs is 1. The number of urea groups is 1. The van der Waals surface area contributed by atoms with Crippen molar-refractivity contribution in [2.45, 2.75) is 19.1 Å². The fourth-order valence-corrected chi connectivity index (χ4v) is 4.92. The van der Waals surface area contributed by atoms with Crippen LogP contribution in [-0.2, 0) is 11.3 Å². The van der Waals surface area contributed by atoms with Crippen molar-refractivity contribution in [1.82, 2.24) is 24.8 Å². The van der Waals surface area contributed by atoms with Gasteiger partial charge in [0.05, 0.1) is 18.6 Å². The van der Waals surface area contributed by atoms with Crippen LogP contribution in [0.2, 0.25) is 0 Å². The van der Waals surface area contributed by atoms with Gasteiger partial charge in [0.25, 0.3) is 5.91 Å².